The molecule has 2 atom stereocenters. The summed E-state index contributed by atoms with van der Waals surface area (Å²) in [6.07, 6.45) is 1.13. The van der Waals surface area contributed by atoms with Crippen LogP contribution in [0.25, 0.3) is 0 Å². The molecule has 0 aromatic heterocycles. The van der Waals surface area contributed by atoms with Crippen molar-refractivity contribution >= 4 is 5.97 Å². The fraction of sp³-hybridized carbons (Fsp3) is 0.400. The first-order valence-corrected chi connectivity index (χ1v) is 6.75. The third kappa shape index (κ3) is 3.96. The first-order chi connectivity index (χ1) is 10.1. The number of rotatable bonds is 8. The summed E-state index contributed by atoms with van der Waals surface area (Å²) in [6.45, 7) is 4.27. The highest BCUT2D eigenvalue weighted by molar-refractivity contribution is 5.66. The lowest BCUT2D eigenvalue weighted by Crippen LogP contribution is -2.35. The van der Waals surface area contributed by atoms with E-state index in [1.54, 1.807) is 24.3 Å². The second kappa shape index (κ2) is 7.10. The summed E-state index contributed by atoms with van der Waals surface area (Å²) in [5.74, 6) is 0.345. The van der Waals surface area contributed by atoms with Crippen LogP contribution in [0.4, 0.5) is 0 Å². The average Bonchev–Trinajstić information content (AvgIpc) is 2.93. The summed E-state index contributed by atoms with van der Waals surface area (Å²) in [5, 5.41) is 22.4. The number of nitrogens with one attached hydrogen (secondary N) is 1. The van der Waals surface area contributed by atoms with Gasteiger partial charge in [0.05, 0.1) is 6.10 Å². The zero-order valence-corrected chi connectivity index (χ0v) is 11.6. The fourth-order valence-corrected chi connectivity index (χ4v) is 2.21. The topological polar surface area (TPSA) is 88.0 Å². The molecule has 0 amide bonds. The highest BCUT2D eigenvalue weighted by atomic mass is 16.7. The molecule has 1 aromatic carbocycles. The fourth-order valence-electron chi connectivity index (χ4n) is 2.21. The van der Waals surface area contributed by atoms with Crippen LogP contribution in [0.15, 0.2) is 30.9 Å². The van der Waals surface area contributed by atoms with E-state index >= 15 is 0 Å². The second-order valence-electron chi connectivity index (χ2n) is 4.79. The molecule has 3 N–H and O–H groups in total. The van der Waals surface area contributed by atoms with E-state index in [0.29, 0.717) is 30.0 Å². The molecule has 0 fully saturated rings. The van der Waals surface area contributed by atoms with E-state index in [0.717, 1.165) is 0 Å². The Balaban J connectivity index is 2.10. The van der Waals surface area contributed by atoms with E-state index in [9.17, 15) is 9.90 Å². The zero-order valence-electron chi connectivity index (χ0n) is 11.6. The van der Waals surface area contributed by atoms with Crippen LogP contribution >= 0.6 is 0 Å². The maximum absolute atomic E-state index is 10.7. The molecule has 0 saturated carbocycles. The van der Waals surface area contributed by atoms with E-state index in [4.69, 9.17) is 14.6 Å². The highest BCUT2D eigenvalue weighted by Crippen LogP contribution is 2.35. The Morgan fingerprint density at radius 3 is 2.90 bits per heavy atom. The van der Waals surface area contributed by atoms with E-state index < -0.39 is 12.1 Å². The van der Waals surface area contributed by atoms with Crippen LogP contribution in [0.5, 0.6) is 11.5 Å². The Bertz CT molecular complexity index is 517. The van der Waals surface area contributed by atoms with Gasteiger partial charge < -0.3 is 25.0 Å². The molecule has 1 aromatic rings. The first-order valence-electron chi connectivity index (χ1n) is 6.75. The van der Waals surface area contributed by atoms with Crippen molar-refractivity contribution in [1.29, 1.82) is 0 Å². The van der Waals surface area contributed by atoms with Gasteiger partial charge in [0.2, 0.25) is 6.79 Å². The van der Waals surface area contributed by atoms with Crippen LogP contribution in [0.1, 0.15) is 24.5 Å². The molecule has 1 aliphatic heterocycles. The predicted molar refractivity (Wildman–Crippen MR) is 76.4 cm³/mol. The molecule has 21 heavy (non-hydrogen) atoms. The Kier molecular flexibility index (Phi) is 5.19. The maximum Gasteiger partial charge on any atom is 0.303 e. The van der Waals surface area contributed by atoms with Crippen molar-refractivity contribution in [2.75, 3.05) is 13.3 Å². The number of ether oxygens (including phenoxy) is 2. The molecule has 1 aliphatic rings. The van der Waals surface area contributed by atoms with E-state index in [-0.39, 0.29) is 19.3 Å². The van der Waals surface area contributed by atoms with Crippen molar-refractivity contribution in [2.24, 2.45) is 0 Å². The van der Waals surface area contributed by atoms with Gasteiger partial charge in [0, 0.05) is 19.0 Å². The summed E-state index contributed by atoms with van der Waals surface area (Å²) in [5.41, 5.74) is 0.659. The van der Waals surface area contributed by atoms with Gasteiger partial charge in [-0.1, -0.05) is 12.1 Å². The SMILES string of the molecule is C=CCNC(CCC(=O)O)C(O)c1ccc2c(c1)OCO2. The molecule has 114 valence electrons. The average molecular weight is 293 g/mol. The van der Waals surface area contributed by atoms with Gasteiger partial charge in [0.25, 0.3) is 0 Å². The van der Waals surface area contributed by atoms with Crippen LogP contribution in [0.2, 0.25) is 0 Å². The van der Waals surface area contributed by atoms with Gasteiger partial charge in [0.1, 0.15) is 0 Å². The number of aliphatic hydroxyl groups is 1. The predicted octanol–water partition coefficient (Wildman–Crippen LogP) is 1.46. The van der Waals surface area contributed by atoms with Crippen molar-refractivity contribution in [3.05, 3.63) is 36.4 Å². The van der Waals surface area contributed by atoms with E-state index in [2.05, 4.69) is 11.9 Å². The maximum atomic E-state index is 10.7. The van der Waals surface area contributed by atoms with Gasteiger partial charge in [-0.05, 0) is 24.1 Å². The first kappa shape index (κ1) is 15.3. The summed E-state index contributed by atoms with van der Waals surface area (Å²) in [7, 11) is 0. The Morgan fingerprint density at radius 2 is 2.19 bits per heavy atom. The molecule has 6 nitrogen and oxygen atoms in total. The summed E-state index contributed by atoms with van der Waals surface area (Å²) in [6, 6.07) is 4.83. The number of benzene rings is 1. The third-order valence-electron chi connectivity index (χ3n) is 3.31. The Morgan fingerprint density at radius 1 is 1.43 bits per heavy atom. The lowest BCUT2D eigenvalue weighted by molar-refractivity contribution is -0.137. The summed E-state index contributed by atoms with van der Waals surface area (Å²) < 4.78 is 10.5. The summed E-state index contributed by atoms with van der Waals surface area (Å²) >= 11 is 0. The Hall–Kier alpha value is -2.05. The number of aliphatic hydroxyl groups excluding tert-OH is 1. The third-order valence-corrected chi connectivity index (χ3v) is 3.31. The number of hydrogen-bond donors (Lipinski definition) is 3. The van der Waals surface area contributed by atoms with Crippen molar-refractivity contribution in [1.82, 2.24) is 5.32 Å². The Labute approximate surface area is 123 Å². The smallest absolute Gasteiger partial charge is 0.303 e. The highest BCUT2D eigenvalue weighted by Gasteiger charge is 2.23. The summed E-state index contributed by atoms with van der Waals surface area (Å²) in [4.78, 5) is 10.7. The molecule has 0 aliphatic carbocycles. The van der Waals surface area contributed by atoms with Crippen molar-refractivity contribution < 1.29 is 24.5 Å². The van der Waals surface area contributed by atoms with Gasteiger partial charge >= 0.3 is 5.97 Å². The quantitative estimate of drug-likeness (QED) is 0.629. The standard InChI is InChI=1S/C15H19NO5/c1-2-7-16-11(4-6-14(17)18)15(19)10-3-5-12-13(8-10)21-9-20-12/h2-3,5,8,11,15-16,19H,1,4,6-7,9H2,(H,17,18). The molecule has 0 bridgehead atoms. The van der Waals surface area contributed by atoms with Gasteiger partial charge in [-0.2, -0.15) is 0 Å². The number of hydrogen-bond acceptors (Lipinski definition) is 5. The van der Waals surface area contributed by atoms with Crippen molar-refractivity contribution in [3.8, 4) is 11.5 Å². The van der Waals surface area contributed by atoms with Gasteiger partial charge in [-0.15, -0.1) is 6.58 Å². The van der Waals surface area contributed by atoms with Gasteiger partial charge in [-0.25, -0.2) is 0 Å². The van der Waals surface area contributed by atoms with Crippen molar-refractivity contribution in [3.63, 3.8) is 0 Å². The molecule has 0 radical (unpaired) electrons. The minimum absolute atomic E-state index is 0.0174. The monoisotopic (exact) mass is 293 g/mol. The largest absolute Gasteiger partial charge is 0.481 e. The zero-order chi connectivity index (χ0) is 15.2. The van der Waals surface area contributed by atoms with Crippen LogP contribution in [-0.4, -0.2) is 35.6 Å². The second-order valence-corrected chi connectivity index (χ2v) is 4.79. The van der Waals surface area contributed by atoms with Gasteiger partial charge in [-0.3, -0.25) is 4.79 Å². The number of carboxylic acid groups (broad SMARTS) is 1. The van der Waals surface area contributed by atoms with Gasteiger partial charge in [0.15, 0.2) is 11.5 Å². The normalized spacial score (nSPS) is 15.5. The molecular formula is C15H19NO5. The van der Waals surface area contributed by atoms with E-state index in [1.165, 1.54) is 0 Å². The number of aliphatic carboxylic acids is 1. The molecule has 6 heteroatoms. The van der Waals surface area contributed by atoms with Crippen LogP contribution in [0.3, 0.4) is 0 Å². The molecule has 2 unspecified atom stereocenters. The van der Waals surface area contributed by atoms with Crippen molar-refractivity contribution in [2.45, 2.75) is 25.0 Å². The minimum Gasteiger partial charge on any atom is -0.481 e. The molecular weight excluding hydrogens is 274 g/mol. The molecule has 1 heterocycles. The van der Waals surface area contributed by atoms with Crippen LogP contribution < -0.4 is 14.8 Å². The number of fused-ring (bicyclic) bond motifs is 1. The van der Waals surface area contributed by atoms with E-state index in [1.807, 2.05) is 0 Å². The lowest BCUT2D eigenvalue weighted by atomic mass is 9.98. The number of carbonyl (C=O) groups is 1. The molecule has 0 spiro atoms. The van der Waals surface area contributed by atoms with Crippen LogP contribution in [0, 0.1) is 0 Å². The van der Waals surface area contributed by atoms with Crippen LogP contribution in [-0.2, 0) is 4.79 Å². The number of carboxylic acids is 1. The lowest BCUT2D eigenvalue weighted by Gasteiger charge is -2.23. The molecule has 2 rings (SSSR count). The molecule has 0 saturated heterocycles. The minimum atomic E-state index is -0.890.